The summed E-state index contributed by atoms with van der Waals surface area (Å²) in [5.41, 5.74) is 0. The highest BCUT2D eigenvalue weighted by Crippen LogP contribution is 2.23. The average Bonchev–Trinajstić information content (AvgIpc) is 2.94. The van der Waals surface area contributed by atoms with Crippen molar-refractivity contribution >= 4 is 5.95 Å². The standard InChI is InChI=1S/C11H13FN6/c12-9-7-13-11(14-8-9)17-4-1-10(2-5-17)18-6-3-15-16-18/h3,6-8,10H,1-2,4-5H2. The van der Waals surface area contributed by atoms with E-state index in [1.807, 2.05) is 10.9 Å². The molecule has 3 rings (SSSR count). The highest BCUT2D eigenvalue weighted by molar-refractivity contribution is 5.29. The van der Waals surface area contributed by atoms with Crippen molar-refractivity contribution in [2.24, 2.45) is 0 Å². The van der Waals surface area contributed by atoms with Gasteiger partial charge in [0, 0.05) is 19.3 Å². The Bertz CT molecular complexity index is 489. The van der Waals surface area contributed by atoms with Crippen LogP contribution in [0, 0.1) is 5.82 Å². The molecule has 1 fully saturated rings. The van der Waals surface area contributed by atoms with E-state index in [0.717, 1.165) is 25.9 Å². The highest BCUT2D eigenvalue weighted by atomic mass is 19.1. The van der Waals surface area contributed by atoms with Crippen molar-refractivity contribution in [1.82, 2.24) is 25.0 Å². The molecule has 0 atom stereocenters. The Hall–Kier alpha value is -2.05. The smallest absolute Gasteiger partial charge is 0.225 e. The van der Waals surface area contributed by atoms with Gasteiger partial charge in [0.25, 0.3) is 0 Å². The molecule has 1 aliphatic heterocycles. The molecule has 0 N–H and O–H groups in total. The predicted octanol–water partition coefficient (Wildman–Crippen LogP) is 1.05. The minimum absolute atomic E-state index is 0.379. The SMILES string of the molecule is Fc1cnc(N2CCC(n3ccnn3)CC2)nc1. The van der Waals surface area contributed by atoms with Crippen molar-refractivity contribution in [3.8, 4) is 0 Å². The van der Waals surface area contributed by atoms with Crippen LogP contribution in [-0.2, 0) is 0 Å². The molecule has 0 spiro atoms. The first-order valence-electron chi connectivity index (χ1n) is 5.91. The highest BCUT2D eigenvalue weighted by Gasteiger charge is 2.22. The summed E-state index contributed by atoms with van der Waals surface area (Å²) in [6.07, 6.45) is 7.90. The van der Waals surface area contributed by atoms with E-state index in [4.69, 9.17) is 0 Å². The van der Waals surface area contributed by atoms with Crippen LogP contribution in [-0.4, -0.2) is 38.1 Å². The molecule has 2 aromatic heterocycles. The lowest BCUT2D eigenvalue weighted by atomic mass is 10.1. The minimum Gasteiger partial charge on any atom is -0.341 e. The van der Waals surface area contributed by atoms with Gasteiger partial charge in [-0.05, 0) is 12.8 Å². The molecule has 0 aromatic carbocycles. The molecule has 0 bridgehead atoms. The van der Waals surface area contributed by atoms with E-state index < -0.39 is 5.82 Å². The molecule has 0 amide bonds. The molecule has 0 unspecified atom stereocenters. The Morgan fingerprint density at radius 2 is 1.89 bits per heavy atom. The second-order valence-corrected chi connectivity index (χ2v) is 4.30. The first kappa shape index (κ1) is 11.1. The van der Waals surface area contributed by atoms with Crippen molar-refractivity contribution in [2.45, 2.75) is 18.9 Å². The molecule has 6 nitrogen and oxygen atoms in total. The van der Waals surface area contributed by atoms with Crippen LogP contribution in [0.4, 0.5) is 10.3 Å². The molecule has 7 heteroatoms. The summed E-state index contributed by atoms with van der Waals surface area (Å²) in [6.45, 7) is 1.69. The second-order valence-electron chi connectivity index (χ2n) is 4.30. The van der Waals surface area contributed by atoms with Crippen LogP contribution in [0.25, 0.3) is 0 Å². The summed E-state index contributed by atoms with van der Waals surface area (Å²) < 4.78 is 14.6. The number of nitrogens with zero attached hydrogens (tertiary/aromatic N) is 6. The van der Waals surface area contributed by atoms with Gasteiger partial charge in [-0.2, -0.15) is 0 Å². The van der Waals surface area contributed by atoms with Gasteiger partial charge in [-0.3, -0.25) is 0 Å². The topological polar surface area (TPSA) is 59.7 Å². The number of hydrogen-bond acceptors (Lipinski definition) is 5. The molecule has 18 heavy (non-hydrogen) atoms. The summed E-state index contributed by atoms with van der Waals surface area (Å²) in [4.78, 5) is 10.1. The summed E-state index contributed by atoms with van der Waals surface area (Å²) in [5.74, 6) is 0.185. The van der Waals surface area contributed by atoms with Gasteiger partial charge in [-0.1, -0.05) is 5.21 Å². The van der Waals surface area contributed by atoms with E-state index in [2.05, 4.69) is 25.2 Å². The zero-order valence-electron chi connectivity index (χ0n) is 9.78. The number of rotatable bonds is 2. The van der Waals surface area contributed by atoms with E-state index in [-0.39, 0.29) is 0 Å². The van der Waals surface area contributed by atoms with Gasteiger partial charge in [0.1, 0.15) is 0 Å². The molecule has 0 saturated carbocycles. The molecule has 0 radical (unpaired) electrons. The van der Waals surface area contributed by atoms with Gasteiger partial charge in [-0.25, -0.2) is 19.0 Å². The molecule has 94 valence electrons. The van der Waals surface area contributed by atoms with E-state index in [1.165, 1.54) is 12.4 Å². The first-order valence-corrected chi connectivity index (χ1v) is 5.91. The fourth-order valence-corrected chi connectivity index (χ4v) is 2.21. The maximum Gasteiger partial charge on any atom is 0.225 e. The summed E-state index contributed by atoms with van der Waals surface area (Å²) in [5, 5.41) is 7.83. The Morgan fingerprint density at radius 1 is 1.17 bits per heavy atom. The Labute approximate surface area is 103 Å². The minimum atomic E-state index is -0.406. The number of aromatic nitrogens is 5. The fourth-order valence-electron chi connectivity index (χ4n) is 2.21. The first-order chi connectivity index (χ1) is 8.83. The summed E-state index contributed by atoms with van der Waals surface area (Å²) >= 11 is 0. The van der Waals surface area contributed by atoms with Crippen LogP contribution >= 0.6 is 0 Å². The number of anilines is 1. The van der Waals surface area contributed by atoms with E-state index in [9.17, 15) is 4.39 Å². The van der Waals surface area contributed by atoms with Crippen molar-refractivity contribution in [2.75, 3.05) is 18.0 Å². The molecule has 2 aromatic rings. The van der Waals surface area contributed by atoms with Crippen LogP contribution in [0.3, 0.4) is 0 Å². The molecule has 1 aliphatic rings. The Morgan fingerprint density at radius 3 is 2.50 bits per heavy atom. The van der Waals surface area contributed by atoms with Gasteiger partial charge in [-0.15, -0.1) is 5.10 Å². The molecular formula is C11H13FN6. The molecule has 0 aliphatic carbocycles. The van der Waals surface area contributed by atoms with Crippen molar-refractivity contribution in [3.63, 3.8) is 0 Å². The van der Waals surface area contributed by atoms with Crippen molar-refractivity contribution in [1.29, 1.82) is 0 Å². The van der Waals surface area contributed by atoms with Crippen LogP contribution in [0.15, 0.2) is 24.8 Å². The van der Waals surface area contributed by atoms with Crippen molar-refractivity contribution < 1.29 is 4.39 Å². The maximum absolute atomic E-state index is 12.7. The number of piperidine rings is 1. The summed E-state index contributed by atoms with van der Waals surface area (Å²) in [6, 6.07) is 0.379. The van der Waals surface area contributed by atoms with Crippen LogP contribution in [0.1, 0.15) is 18.9 Å². The van der Waals surface area contributed by atoms with Crippen LogP contribution in [0.5, 0.6) is 0 Å². The van der Waals surface area contributed by atoms with Gasteiger partial charge in [0.15, 0.2) is 5.82 Å². The third-order valence-electron chi connectivity index (χ3n) is 3.17. The lowest BCUT2D eigenvalue weighted by molar-refractivity contribution is 0.358. The Balaban J connectivity index is 1.65. The van der Waals surface area contributed by atoms with Gasteiger partial charge in [0.05, 0.1) is 24.6 Å². The quantitative estimate of drug-likeness (QED) is 0.795. The van der Waals surface area contributed by atoms with Gasteiger partial charge in [0.2, 0.25) is 5.95 Å². The third kappa shape index (κ3) is 2.15. The summed E-state index contributed by atoms with van der Waals surface area (Å²) in [7, 11) is 0. The monoisotopic (exact) mass is 248 g/mol. The lowest BCUT2D eigenvalue weighted by Gasteiger charge is -2.31. The molecular weight excluding hydrogens is 235 g/mol. The van der Waals surface area contributed by atoms with E-state index in [1.54, 1.807) is 6.20 Å². The normalized spacial score (nSPS) is 17.1. The second kappa shape index (κ2) is 4.67. The maximum atomic E-state index is 12.7. The van der Waals surface area contributed by atoms with Gasteiger partial charge < -0.3 is 4.90 Å². The Kier molecular flexibility index (Phi) is 2.87. The molecule has 1 saturated heterocycles. The van der Waals surface area contributed by atoms with Crippen LogP contribution in [0.2, 0.25) is 0 Å². The third-order valence-corrected chi connectivity index (χ3v) is 3.17. The van der Waals surface area contributed by atoms with E-state index in [0.29, 0.717) is 12.0 Å². The zero-order valence-corrected chi connectivity index (χ0v) is 9.78. The zero-order chi connectivity index (χ0) is 12.4. The lowest BCUT2D eigenvalue weighted by Crippen LogP contribution is -2.35. The number of hydrogen-bond donors (Lipinski definition) is 0. The average molecular weight is 248 g/mol. The largest absolute Gasteiger partial charge is 0.341 e. The fraction of sp³-hybridized carbons (Fsp3) is 0.455. The van der Waals surface area contributed by atoms with Crippen molar-refractivity contribution in [3.05, 3.63) is 30.6 Å². The number of halogens is 1. The van der Waals surface area contributed by atoms with Gasteiger partial charge >= 0.3 is 0 Å². The predicted molar refractivity (Wildman–Crippen MR) is 62.5 cm³/mol. The van der Waals surface area contributed by atoms with Crippen LogP contribution < -0.4 is 4.90 Å². The van der Waals surface area contributed by atoms with E-state index >= 15 is 0 Å². The molecule has 3 heterocycles.